The lowest BCUT2D eigenvalue weighted by Crippen LogP contribution is -2.58. The minimum Gasteiger partial charge on any atom is -0.411 e. The molecule has 0 unspecified atom stereocenters. The first-order valence-corrected chi connectivity index (χ1v) is 11.1. The third-order valence-electron chi connectivity index (χ3n) is 5.64. The van der Waals surface area contributed by atoms with Gasteiger partial charge in [-0.15, -0.1) is 0 Å². The van der Waals surface area contributed by atoms with Crippen LogP contribution in [0.3, 0.4) is 0 Å². The summed E-state index contributed by atoms with van der Waals surface area (Å²) in [6.45, 7) is 15.6. The summed E-state index contributed by atoms with van der Waals surface area (Å²) in [7, 11) is -1.85. The number of rotatable bonds is 5. The number of carbonyl (C=O) groups excluding carboxylic acids is 1. The van der Waals surface area contributed by atoms with E-state index in [1.54, 1.807) is 6.08 Å². The van der Waals surface area contributed by atoms with Crippen molar-refractivity contribution in [2.75, 3.05) is 13.1 Å². The number of carbonyl (C=O) groups is 1. The highest BCUT2D eigenvalue weighted by Crippen LogP contribution is 2.44. The monoisotopic (exact) mass is 323 g/mol. The van der Waals surface area contributed by atoms with Gasteiger partial charge in [-0.2, -0.15) is 0 Å². The highest BCUT2D eigenvalue weighted by atomic mass is 28.4. The van der Waals surface area contributed by atoms with Gasteiger partial charge >= 0.3 is 0 Å². The Morgan fingerprint density at radius 3 is 2.27 bits per heavy atom. The summed E-state index contributed by atoms with van der Waals surface area (Å²) < 4.78 is 7.00. The Morgan fingerprint density at radius 1 is 1.14 bits per heavy atom. The van der Waals surface area contributed by atoms with Gasteiger partial charge in [0, 0.05) is 0 Å². The van der Waals surface area contributed by atoms with Crippen LogP contribution in [-0.4, -0.2) is 44.2 Å². The molecule has 0 radical (unpaired) electrons. The van der Waals surface area contributed by atoms with Gasteiger partial charge in [-0.25, -0.2) is 0 Å². The molecular weight excluding hydrogens is 290 g/mol. The van der Waals surface area contributed by atoms with E-state index in [0.29, 0.717) is 29.2 Å². The number of hydrogen-bond donors (Lipinski definition) is 0. The second kappa shape index (κ2) is 6.98. The van der Waals surface area contributed by atoms with Gasteiger partial charge in [0.05, 0.1) is 18.7 Å². The maximum Gasteiger partial charge on any atom is 0.200 e. The van der Waals surface area contributed by atoms with Crippen molar-refractivity contribution in [3.8, 4) is 0 Å². The van der Waals surface area contributed by atoms with Gasteiger partial charge in [-0.3, -0.25) is 9.69 Å². The summed E-state index contributed by atoms with van der Waals surface area (Å²) in [5.41, 5.74) is 1.83. The molecule has 0 bridgehead atoms. The van der Waals surface area contributed by atoms with Crippen molar-refractivity contribution in [2.45, 2.75) is 83.2 Å². The smallest absolute Gasteiger partial charge is 0.200 e. The van der Waals surface area contributed by atoms with Gasteiger partial charge in [0.15, 0.2) is 5.78 Å². The largest absolute Gasteiger partial charge is 0.411 e. The minimum atomic E-state index is -1.85. The lowest BCUT2D eigenvalue weighted by Gasteiger charge is -2.49. The van der Waals surface area contributed by atoms with Gasteiger partial charge in [-0.1, -0.05) is 47.6 Å². The van der Waals surface area contributed by atoms with Crippen molar-refractivity contribution < 1.29 is 9.22 Å². The van der Waals surface area contributed by atoms with Crippen LogP contribution in [-0.2, 0) is 9.22 Å². The average molecular weight is 324 g/mol. The zero-order valence-electron chi connectivity index (χ0n) is 15.1. The first kappa shape index (κ1) is 17.9. The molecule has 0 aromatic carbocycles. The van der Waals surface area contributed by atoms with Gasteiger partial charge in [-0.05, 0) is 42.1 Å². The summed E-state index contributed by atoms with van der Waals surface area (Å²) in [5.74, 6) is 0.233. The summed E-state index contributed by atoms with van der Waals surface area (Å²) in [5, 5.41) is 0. The van der Waals surface area contributed by atoms with Crippen LogP contribution in [0.4, 0.5) is 0 Å². The standard InChI is InChI=1S/C18H33NO2Si/c1-13(2)22(14(3)4,15(5)6)21-18-8-7-11-19-12-16(20)9-10-17(18)19/h9-10,13-15,17-18H,7-8,11-12H2,1-6H3/t17-,18+/m0/s1. The molecule has 2 aliphatic heterocycles. The van der Waals surface area contributed by atoms with Crippen LogP contribution >= 0.6 is 0 Å². The maximum atomic E-state index is 11.7. The van der Waals surface area contributed by atoms with Crippen molar-refractivity contribution in [2.24, 2.45) is 0 Å². The number of ketones is 1. The van der Waals surface area contributed by atoms with Crippen LogP contribution in [0.25, 0.3) is 0 Å². The third kappa shape index (κ3) is 3.24. The van der Waals surface area contributed by atoms with Gasteiger partial charge < -0.3 is 4.43 Å². The highest BCUT2D eigenvalue weighted by Gasteiger charge is 2.48. The summed E-state index contributed by atoms with van der Waals surface area (Å²) in [4.78, 5) is 14.0. The van der Waals surface area contributed by atoms with Crippen LogP contribution < -0.4 is 0 Å². The predicted molar refractivity (Wildman–Crippen MR) is 94.7 cm³/mol. The Bertz CT molecular complexity index is 409. The lowest BCUT2D eigenvalue weighted by molar-refractivity contribution is -0.118. The molecule has 0 amide bonds. The van der Waals surface area contributed by atoms with Gasteiger partial charge in [0.25, 0.3) is 0 Å². The molecule has 0 aliphatic carbocycles. The first-order chi connectivity index (χ1) is 10.3. The number of hydrogen-bond acceptors (Lipinski definition) is 3. The lowest BCUT2D eigenvalue weighted by atomic mass is 9.95. The van der Waals surface area contributed by atoms with E-state index in [1.165, 1.54) is 0 Å². The van der Waals surface area contributed by atoms with Crippen molar-refractivity contribution in [3.05, 3.63) is 12.2 Å². The fourth-order valence-electron chi connectivity index (χ4n) is 4.74. The molecule has 0 spiro atoms. The molecule has 0 N–H and O–H groups in total. The second-order valence-corrected chi connectivity index (χ2v) is 13.3. The summed E-state index contributed by atoms with van der Waals surface area (Å²) in [6, 6.07) is 0.301. The molecule has 2 rings (SSSR count). The molecule has 126 valence electrons. The third-order valence-corrected chi connectivity index (χ3v) is 11.8. The number of nitrogens with zero attached hydrogens (tertiary/aromatic N) is 1. The zero-order chi connectivity index (χ0) is 16.5. The highest BCUT2D eigenvalue weighted by molar-refractivity contribution is 6.77. The van der Waals surface area contributed by atoms with Crippen LogP contribution in [0.1, 0.15) is 54.4 Å². The summed E-state index contributed by atoms with van der Waals surface area (Å²) >= 11 is 0. The quantitative estimate of drug-likeness (QED) is 0.712. The molecule has 2 heterocycles. The molecular formula is C18H33NO2Si. The topological polar surface area (TPSA) is 29.5 Å². The maximum absolute atomic E-state index is 11.7. The van der Waals surface area contributed by atoms with E-state index >= 15 is 0 Å². The van der Waals surface area contributed by atoms with E-state index < -0.39 is 8.32 Å². The van der Waals surface area contributed by atoms with Crippen LogP contribution in [0, 0.1) is 0 Å². The van der Waals surface area contributed by atoms with Crippen molar-refractivity contribution in [1.29, 1.82) is 0 Å². The van der Waals surface area contributed by atoms with Crippen LogP contribution in [0.5, 0.6) is 0 Å². The van der Waals surface area contributed by atoms with Gasteiger partial charge in [0.2, 0.25) is 8.32 Å². The fraction of sp³-hybridized carbons (Fsp3) is 0.833. The average Bonchev–Trinajstić information content (AvgIpc) is 2.43. The molecule has 0 aromatic rings. The Kier molecular flexibility index (Phi) is 5.67. The molecule has 2 aliphatic rings. The van der Waals surface area contributed by atoms with Crippen LogP contribution in [0.15, 0.2) is 12.2 Å². The Balaban J connectivity index is 2.25. The van der Waals surface area contributed by atoms with E-state index in [4.69, 9.17) is 4.43 Å². The molecule has 2 atom stereocenters. The normalized spacial score (nSPS) is 27.0. The van der Waals surface area contributed by atoms with E-state index in [-0.39, 0.29) is 11.9 Å². The van der Waals surface area contributed by atoms with Crippen LogP contribution in [0.2, 0.25) is 16.6 Å². The Labute approximate surface area is 137 Å². The van der Waals surface area contributed by atoms with Crippen molar-refractivity contribution >= 4 is 14.1 Å². The van der Waals surface area contributed by atoms with E-state index in [2.05, 4.69) is 52.5 Å². The number of piperidine rings is 1. The molecule has 0 saturated carbocycles. The first-order valence-electron chi connectivity index (χ1n) is 8.92. The molecule has 4 heteroatoms. The Morgan fingerprint density at radius 2 is 1.73 bits per heavy atom. The molecule has 3 nitrogen and oxygen atoms in total. The second-order valence-electron chi connectivity index (χ2n) is 7.90. The Hall–Kier alpha value is -0.453. The molecule has 1 fully saturated rings. The minimum absolute atomic E-state index is 0.233. The number of fused-ring (bicyclic) bond motifs is 1. The van der Waals surface area contributed by atoms with E-state index in [0.717, 1.165) is 19.4 Å². The van der Waals surface area contributed by atoms with Gasteiger partial charge in [0.1, 0.15) is 0 Å². The predicted octanol–water partition coefficient (Wildman–Crippen LogP) is 4.15. The summed E-state index contributed by atoms with van der Waals surface area (Å²) in [6.07, 6.45) is 6.39. The molecule has 0 aromatic heterocycles. The van der Waals surface area contributed by atoms with Crippen molar-refractivity contribution in [3.63, 3.8) is 0 Å². The molecule has 1 saturated heterocycles. The molecule has 22 heavy (non-hydrogen) atoms. The SMILES string of the molecule is CC(C)[Si](O[C@@H]1CCCN2CC(=O)C=C[C@@H]12)(C(C)C)C(C)C. The fourth-order valence-corrected chi connectivity index (χ4v) is 10.3. The van der Waals surface area contributed by atoms with E-state index in [1.807, 2.05) is 0 Å². The zero-order valence-corrected chi connectivity index (χ0v) is 16.1. The van der Waals surface area contributed by atoms with Crippen molar-refractivity contribution in [1.82, 2.24) is 4.90 Å². The van der Waals surface area contributed by atoms with E-state index in [9.17, 15) is 4.79 Å².